The second-order valence-electron chi connectivity index (χ2n) is 9.47. The predicted molar refractivity (Wildman–Crippen MR) is 119 cm³/mol. The highest BCUT2D eigenvalue weighted by Gasteiger charge is 2.47. The normalized spacial score (nSPS) is 20.1. The van der Waals surface area contributed by atoms with E-state index in [4.69, 9.17) is 4.74 Å². The first-order valence-corrected chi connectivity index (χ1v) is 12.1. The molecule has 0 radical (unpaired) electrons. The molecule has 0 amide bonds. The molecule has 2 heterocycles. The van der Waals surface area contributed by atoms with Gasteiger partial charge in [-0.25, -0.2) is 8.42 Å². The van der Waals surface area contributed by atoms with Crippen LogP contribution in [0.25, 0.3) is 0 Å². The first kappa shape index (κ1) is 21.3. The summed E-state index contributed by atoms with van der Waals surface area (Å²) >= 11 is 0. The summed E-state index contributed by atoms with van der Waals surface area (Å²) in [5.74, 6) is 0.666. The molecule has 2 aromatic carbocycles. The Morgan fingerprint density at radius 3 is 2.13 bits per heavy atom. The molecular weight excluding hydrogens is 396 g/mol. The second-order valence-corrected chi connectivity index (χ2v) is 11.4. The van der Waals surface area contributed by atoms with E-state index in [1.165, 1.54) is 5.56 Å². The molecule has 0 N–H and O–H groups in total. The number of piperidine rings is 1. The number of hydrogen-bond donors (Lipinski definition) is 0. The molecule has 5 nitrogen and oxygen atoms in total. The van der Waals surface area contributed by atoms with Crippen LogP contribution in [0.5, 0.6) is 5.75 Å². The Hall–Kier alpha value is -1.89. The van der Waals surface area contributed by atoms with E-state index >= 15 is 0 Å². The van der Waals surface area contributed by atoms with Crippen molar-refractivity contribution in [3.8, 4) is 5.75 Å². The Morgan fingerprint density at radius 1 is 0.967 bits per heavy atom. The number of rotatable bonds is 6. The van der Waals surface area contributed by atoms with Gasteiger partial charge in [-0.2, -0.15) is 4.31 Å². The van der Waals surface area contributed by atoms with E-state index in [-0.39, 0.29) is 10.8 Å². The number of nitrogens with zero attached hydrogens (tertiary/aromatic N) is 2. The van der Waals surface area contributed by atoms with E-state index in [2.05, 4.69) is 49.1 Å². The lowest BCUT2D eigenvalue weighted by Gasteiger charge is -2.55. The van der Waals surface area contributed by atoms with E-state index in [1.807, 2.05) is 0 Å². The largest absolute Gasteiger partial charge is 0.497 e. The molecule has 162 valence electrons. The standard InChI is InChI=1S/C24H32N2O3S/c1-23(2,20-7-5-4-6-8-20)17-25-18-24(19-25)13-15-26(16-14-24)30(27,28)22-11-9-21(29-3)10-12-22/h4-12H,13-19H2,1-3H3. The zero-order valence-corrected chi connectivity index (χ0v) is 19.0. The molecule has 0 bridgehead atoms. The molecule has 4 rings (SSSR count). The number of likely N-dealkylation sites (tertiary alicyclic amines) is 1. The third kappa shape index (κ3) is 4.13. The van der Waals surface area contributed by atoms with Crippen molar-refractivity contribution in [2.24, 2.45) is 5.41 Å². The fraction of sp³-hybridized carbons (Fsp3) is 0.500. The summed E-state index contributed by atoms with van der Waals surface area (Å²) in [6.45, 7) is 8.98. The highest BCUT2D eigenvalue weighted by atomic mass is 32.2. The third-order valence-electron chi connectivity index (χ3n) is 6.77. The first-order chi connectivity index (χ1) is 14.2. The Labute approximate surface area is 180 Å². The van der Waals surface area contributed by atoms with Crippen LogP contribution in [0, 0.1) is 5.41 Å². The Morgan fingerprint density at radius 2 is 1.57 bits per heavy atom. The Bertz CT molecular complexity index is 955. The van der Waals surface area contributed by atoms with Crippen LogP contribution in [0.4, 0.5) is 0 Å². The van der Waals surface area contributed by atoms with Gasteiger partial charge in [0.15, 0.2) is 0 Å². The quantitative estimate of drug-likeness (QED) is 0.703. The smallest absolute Gasteiger partial charge is 0.243 e. The van der Waals surface area contributed by atoms with Gasteiger partial charge in [-0.05, 0) is 48.1 Å². The molecule has 0 saturated carbocycles. The maximum Gasteiger partial charge on any atom is 0.243 e. The average Bonchev–Trinajstić information content (AvgIpc) is 2.73. The number of sulfonamides is 1. The van der Waals surface area contributed by atoms with Crippen molar-refractivity contribution in [2.45, 2.75) is 37.0 Å². The van der Waals surface area contributed by atoms with Crippen molar-refractivity contribution in [3.05, 3.63) is 60.2 Å². The van der Waals surface area contributed by atoms with Gasteiger partial charge < -0.3 is 9.64 Å². The minimum absolute atomic E-state index is 0.112. The number of benzene rings is 2. The zero-order valence-electron chi connectivity index (χ0n) is 18.2. The monoisotopic (exact) mass is 428 g/mol. The van der Waals surface area contributed by atoms with Crippen LogP contribution >= 0.6 is 0 Å². The van der Waals surface area contributed by atoms with Gasteiger partial charge in [0.25, 0.3) is 0 Å². The van der Waals surface area contributed by atoms with E-state index in [9.17, 15) is 8.42 Å². The fourth-order valence-electron chi connectivity index (χ4n) is 4.97. The third-order valence-corrected chi connectivity index (χ3v) is 8.69. The first-order valence-electron chi connectivity index (χ1n) is 10.7. The van der Waals surface area contributed by atoms with Crippen molar-refractivity contribution >= 4 is 10.0 Å². The van der Waals surface area contributed by atoms with Crippen molar-refractivity contribution < 1.29 is 13.2 Å². The van der Waals surface area contributed by atoms with Crippen LogP contribution in [0.1, 0.15) is 32.3 Å². The van der Waals surface area contributed by atoms with Crippen LogP contribution in [0.2, 0.25) is 0 Å². The molecule has 0 aromatic heterocycles. The van der Waals surface area contributed by atoms with Crippen LogP contribution in [0.15, 0.2) is 59.5 Å². The molecule has 2 aromatic rings. The van der Waals surface area contributed by atoms with Gasteiger partial charge in [-0.15, -0.1) is 0 Å². The molecule has 0 aliphatic carbocycles. The Balaban J connectivity index is 1.33. The van der Waals surface area contributed by atoms with Gasteiger partial charge in [0.1, 0.15) is 5.75 Å². The Kier molecular flexibility index (Phi) is 5.68. The molecule has 1 spiro atoms. The highest BCUT2D eigenvalue weighted by molar-refractivity contribution is 7.89. The molecule has 2 aliphatic heterocycles. The molecule has 30 heavy (non-hydrogen) atoms. The van der Waals surface area contributed by atoms with Crippen LogP contribution in [0.3, 0.4) is 0 Å². The van der Waals surface area contributed by atoms with Gasteiger partial charge in [-0.1, -0.05) is 44.2 Å². The van der Waals surface area contributed by atoms with Crippen LogP contribution in [-0.2, 0) is 15.4 Å². The predicted octanol–water partition coefficient (Wildman–Crippen LogP) is 3.76. The zero-order chi connectivity index (χ0) is 21.4. The molecule has 2 aliphatic rings. The van der Waals surface area contributed by atoms with Gasteiger partial charge in [-0.3, -0.25) is 0 Å². The van der Waals surface area contributed by atoms with E-state index in [0.717, 1.165) is 32.5 Å². The van der Waals surface area contributed by atoms with Crippen molar-refractivity contribution in [1.82, 2.24) is 9.21 Å². The molecule has 0 unspecified atom stereocenters. The van der Waals surface area contributed by atoms with Gasteiger partial charge in [0.05, 0.1) is 12.0 Å². The maximum atomic E-state index is 13.0. The van der Waals surface area contributed by atoms with E-state index in [0.29, 0.717) is 23.7 Å². The lowest BCUT2D eigenvalue weighted by molar-refractivity contribution is -0.0432. The fourth-order valence-corrected chi connectivity index (χ4v) is 6.41. The van der Waals surface area contributed by atoms with Gasteiger partial charge >= 0.3 is 0 Å². The van der Waals surface area contributed by atoms with Gasteiger partial charge in [0.2, 0.25) is 10.0 Å². The van der Waals surface area contributed by atoms with Crippen LogP contribution in [-0.4, -0.2) is 57.5 Å². The van der Waals surface area contributed by atoms with Crippen molar-refractivity contribution in [1.29, 1.82) is 0 Å². The summed E-state index contributed by atoms with van der Waals surface area (Å²) < 4.78 is 32.8. The number of methoxy groups -OCH3 is 1. The van der Waals surface area contributed by atoms with Crippen molar-refractivity contribution in [3.63, 3.8) is 0 Å². The molecule has 2 saturated heterocycles. The SMILES string of the molecule is COc1ccc(S(=O)(=O)N2CCC3(CC2)CN(CC(C)(C)c2ccccc2)C3)cc1. The lowest BCUT2D eigenvalue weighted by atomic mass is 9.71. The molecule has 0 atom stereocenters. The summed E-state index contributed by atoms with van der Waals surface area (Å²) in [4.78, 5) is 2.87. The molecule has 6 heteroatoms. The van der Waals surface area contributed by atoms with Crippen molar-refractivity contribution in [2.75, 3.05) is 39.8 Å². The summed E-state index contributed by atoms with van der Waals surface area (Å²) in [5, 5.41) is 0. The summed E-state index contributed by atoms with van der Waals surface area (Å²) in [6, 6.07) is 17.4. The minimum atomic E-state index is -3.44. The second kappa shape index (κ2) is 7.98. The van der Waals surface area contributed by atoms with Crippen LogP contribution < -0.4 is 4.74 Å². The summed E-state index contributed by atoms with van der Waals surface area (Å²) in [6.07, 6.45) is 1.87. The highest BCUT2D eigenvalue weighted by Crippen LogP contribution is 2.43. The maximum absolute atomic E-state index is 13.0. The van der Waals surface area contributed by atoms with E-state index in [1.54, 1.807) is 35.7 Å². The molecular formula is C24H32N2O3S. The summed E-state index contributed by atoms with van der Waals surface area (Å²) in [7, 11) is -1.86. The summed E-state index contributed by atoms with van der Waals surface area (Å²) in [5.41, 5.74) is 1.76. The number of hydrogen-bond acceptors (Lipinski definition) is 4. The topological polar surface area (TPSA) is 49.9 Å². The van der Waals surface area contributed by atoms with E-state index < -0.39 is 10.0 Å². The average molecular weight is 429 g/mol. The lowest BCUT2D eigenvalue weighted by Crippen LogP contribution is -2.62. The number of ether oxygens (including phenoxy) is 1. The minimum Gasteiger partial charge on any atom is -0.497 e. The molecule has 2 fully saturated rings. The van der Waals surface area contributed by atoms with Gasteiger partial charge in [0, 0.05) is 38.1 Å².